The molecule has 3 rings (SSSR count). The van der Waals surface area contributed by atoms with Gasteiger partial charge in [0, 0.05) is 37.7 Å². The number of thiophene rings is 1. The normalized spacial score (nSPS) is 14.6. The predicted molar refractivity (Wildman–Crippen MR) is 105 cm³/mol. The number of carbonyl (C=O) groups is 3. The summed E-state index contributed by atoms with van der Waals surface area (Å²) in [4.78, 5) is 38.8. The summed E-state index contributed by atoms with van der Waals surface area (Å²) in [6.45, 7) is 1.58. The molecule has 0 unspecified atom stereocenters. The lowest BCUT2D eigenvalue weighted by Crippen LogP contribution is -2.47. The summed E-state index contributed by atoms with van der Waals surface area (Å²) >= 11 is 1.38. The summed E-state index contributed by atoms with van der Waals surface area (Å²) < 4.78 is 0. The lowest BCUT2D eigenvalue weighted by molar-refractivity contribution is -0.132. The van der Waals surface area contributed by atoms with Crippen molar-refractivity contribution in [1.82, 2.24) is 15.5 Å². The highest BCUT2D eigenvalue weighted by Gasteiger charge is 2.24. The first-order chi connectivity index (χ1) is 13.1. The lowest BCUT2D eigenvalue weighted by Gasteiger charge is -2.32. The zero-order valence-corrected chi connectivity index (χ0v) is 15.8. The summed E-state index contributed by atoms with van der Waals surface area (Å²) in [6, 6.07) is 12.8. The second-order valence-corrected chi connectivity index (χ2v) is 7.43. The van der Waals surface area contributed by atoms with Crippen molar-refractivity contribution in [1.29, 1.82) is 0 Å². The van der Waals surface area contributed by atoms with Crippen LogP contribution < -0.4 is 10.6 Å². The number of likely N-dealkylation sites (tertiary alicyclic amines) is 1. The van der Waals surface area contributed by atoms with Gasteiger partial charge in [-0.25, -0.2) is 0 Å². The molecule has 6 nitrogen and oxygen atoms in total. The number of nitrogens with zero attached hydrogens (tertiary/aromatic N) is 1. The maximum atomic E-state index is 12.3. The van der Waals surface area contributed by atoms with E-state index >= 15 is 0 Å². The van der Waals surface area contributed by atoms with Gasteiger partial charge < -0.3 is 15.5 Å². The van der Waals surface area contributed by atoms with Gasteiger partial charge in [0.15, 0.2) is 0 Å². The van der Waals surface area contributed by atoms with Crippen molar-refractivity contribution < 1.29 is 14.4 Å². The Hall–Kier alpha value is -2.67. The highest BCUT2D eigenvalue weighted by atomic mass is 32.1. The van der Waals surface area contributed by atoms with Crippen LogP contribution in [0.2, 0.25) is 0 Å². The van der Waals surface area contributed by atoms with Gasteiger partial charge in [0.2, 0.25) is 5.91 Å². The molecule has 2 heterocycles. The molecule has 0 radical (unpaired) electrons. The van der Waals surface area contributed by atoms with Crippen LogP contribution in [0.15, 0.2) is 47.8 Å². The Balaban J connectivity index is 1.36. The van der Waals surface area contributed by atoms with E-state index in [2.05, 4.69) is 10.6 Å². The number of rotatable bonds is 6. The largest absolute Gasteiger partial charge is 0.351 e. The molecule has 2 N–H and O–H groups in total. The Morgan fingerprint density at radius 2 is 1.74 bits per heavy atom. The van der Waals surface area contributed by atoms with Crippen molar-refractivity contribution in [3.05, 3.63) is 58.3 Å². The first kappa shape index (κ1) is 19.1. The minimum atomic E-state index is -0.139. The zero-order valence-electron chi connectivity index (χ0n) is 15.0. The first-order valence-electron chi connectivity index (χ1n) is 9.09. The van der Waals surface area contributed by atoms with Gasteiger partial charge in [-0.15, -0.1) is 11.3 Å². The molecule has 1 fully saturated rings. The monoisotopic (exact) mass is 385 g/mol. The van der Waals surface area contributed by atoms with Crippen LogP contribution in [-0.2, 0) is 4.79 Å². The molecule has 27 heavy (non-hydrogen) atoms. The van der Waals surface area contributed by atoms with E-state index in [1.807, 2.05) is 34.5 Å². The van der Waals surface area contributed by atoms with Crippen molar-refractivity contribution in [3.63, 3.8) is 0 Å². The summed E-state index contributed by atoms with van der Waals surface area (Å²) in [5.74, 6) is -0.175. The molecule has 2 aromatic rings. The van der Waals surface area contributed by atoms with Crippen LogP contribution in [0, 0.1) is 0 Å². The van der Waals surface area contributed by atoms with Gasteiger partial charge in [-0.1, -0.05) is 24.3 Å². The quantitative estimate of drug-likeness (QED) is 0.801. The molecule has 7 heteroatoms. The summed E-state index contributed by atoms with van der Waals surface area (Å²) in [7, 11) is 0. The number of amides is 3. The maximum absolute atomic E-state index is 12.3. The molecule has 0 saturated carbocycles. The highest BCUT2D eigenvalue weighted by Crippen LogP contribution is 2.13. The van der Waals surface area contributed by atoms with E-state index in [-0.39, 0.29) is 30.2 Å². The van der Waals surface area contributed by atoms with Gasteiger partial charge in [0.25, 0.3) is 11.8 Å². The molecule has 0 spiro atoms. The van der Waals surface area contributed by atoms with Crippen molar-refractivity contribution in [2.45, 2.75) is 25.3 Å². The molecular formula is C20H23N3O3S. The average Bonchev–Trinajstić information content (AvgIpc) is 3.24. The van der Waals surface area contributed by atoms with Crippen LogP contribution in [0.3, 0.4) is 0 Å². The Morgan fingerprint density at radius 1 is 1.00 bits per heavy atom. The molecule has 0 atom stereocenters. The van der Waals surface area contributed by atoms with E-state index < -0.39 is 0 Å². The van der Waals surface area contributed by atoms with Gasteiger partial charge in [0.1, 0.15) is 0 Å². The molecule has 1 aliphatic rings. The summed E-state index contributed by atoms with van der Waals surface area (Å²) in [6.07, 6.45) is 1.77. The van der Waals surface area contributed by atoms with Crippen LogP contribution in [0.25, 0.3) is 0 Å². The van der Waals surface area contributed by atoms with E-state index in [1.165, 1.54) is 11.3 Å². The number of carbonyl (C=O) groups excluding carboxylic acids is 3. The number of hydrogen-bond acceptors (Lipinski definition) is 4. The molecule has 0 aliphatic carbocycles. The fourth-order valence-electron chi connectivity index (χ4n) is 3.07. The van der Waals surface area contributed by atoms with Gasteiger partial charge in [-0.05, 0) is 36.4 Å². The van der Waals surface area contributed by atoms with Gasteiger partial charge in [-0.3, -0.25) is 14.4 Å². The minimum Gasteiger partial charge on any atom is -0.351 e. The van der Waals surface area contributed by atoms with E-state index in [0.29, 0.717) is 30.1 Å². The smallest absolute Gasteiger partial charge is 0.261 e. The Bertz CT molecular complexity index is 769. The summed E-state index contributed by atoms with van der Waals surface area (Å²) in [5.41, 5.74) is 0.650. The summed E-state index contributed by atoms with van der Waals surface area (Å²) in [5, 5.41) is 7.66. The van der Waals surface area contributed by atoms with E-state index in [0.717, 1.165) is 12.8 Å². The second-order valence-electron chi connectivity index (χ2n) is 6.48. The van der Waals surface area contributed by atoms with Crippen LogP contribution in [0.5, 0.6) is 0 Å². The van der Waals surface area contributed by atoms with Crippen molar-refractivity contribution in [2.75, 3.05) is 19.6 Å². The van der Waals surface area contributed by atoms with Crippen LogP contribution >= 0.6 is 11.3 Å². The molecule has 1 aromatic heterocycles. The average molecular weight is 385 g/mol. The molecule has 0 bridgehead atoms. The van der Waals surface area contributed by atoms with Gasteiger partial charge >= 0.3 is 0 Å². The minimum absolute atomic E-state index is 0.0364. The third-order valence-corrected chi connectivity index (χ3v) is 5.46. The topological polar surface area (TPSA) is 78.5 Å². The van der Waals surface area contributed by atoms with Crippen molar-refractivity contribution in [2.24, 2.45) is 0 Å². The zero-order chi connectivity index (χ0) is 19.1. The van der Waals surface area contributed by atoms with Crippen LogP contribution in [-0.4, -0.2) is 48.3 Å². The second kappa shape index (κ2) is 9.32. The van der Waals surface area contributed by atoms with E-state index in [9.17, 15) is 14.4 Å². The van der Waals surface area contributed by atoms with E-state index in [4.69, 9.17) is 0 Å². The number of benzene rings is 1. The van der Waals surface area contributed by atoms with Gasteiger partial charge in [-0.2, -0.15) is 0 Å². The Morgan fingerprint density at radius 3 is 2.41 bits per heavy atom. The Kier molecular flexibility index (Phi) is 6.59. The molecule has 1 aromatic carbocycles. The molecule has 1 aliphatic heterocycles. The molecule has 1 saturated heterocycles. The van der Waals surface area contributed by atoms with Crippen LogP contribution in [0.4, 0.5) is 0 Å². The molecule has 3 amide bonds. The maximum Gasteiger partial charge on any atom is 0.261 e. The first-order valence-corrected chi connectivity index (χ1v) is 9.97. The fourth-order valence-corrected chi connectivity index (χ4v) is 3.71. The van der Waals surface area contributed by atoms with Gasteiger partial charge in [0.05, 0.1) is 4.88 Å². The number of piperidine rings is 1. The highest BCUT2D eigenvalue weighted by molar-refractivity contribution is 7.12. The third kappa shape index (κ3) is 5.40. The third-order valence-electron chi connectivity index (χ3n) is 4.59. The van der Waals surface area contributed by atoms with Crippen LogP contribution in [0.1, 0.15) is 39.3 Å². The molecule has 142 valence electrons. The van der Waals surface area contributed by atoms with Crippen molar-refractivity contribution in [3.8, 4) is 0 Å². The number of nitrogens with one attached hydrogen (secondary N) is 2. The molecular weight excluding hydrogens is 362 g/mol. The predicted octanol–water partition coefficient (Wildman–Crippen LogP) is 2.29. The fraction of sp³-hybridized carbons (Fsp3) is 0.350. The van der Waals surface area contributed by atoms with Crippen molar-refractivity contribution >= 4 is 29.1 Å². The van der Waals surface area contributed by atoms with E-state index in [1.54, 1.807) is 18.2 Å². The number of hydrogen-bond donors (Lipinski definition) is 2. The standard InChI is InChI=1S/C20H23N3O3S/c24-18(8-11-21-20(26)17-7-4-14-27-17)23-12-9-16(10-13-23)22-19(25)15-5-2-1-3-6-15/h1-7,14,16H,8-13H2,(H,21,26)(H,22,25). The SMILES string of the molecule is O=C(NC1CCN(C(=O)CCNC(=O)c2cccs2)CC1)c1ccccc1. The Labute approximate surface area is 162 Å². The lowest BCUT2D eigenvalue weighted by atomic mass is 10.0.